The van der Waals surface area contributed by atoms with Crippen LogP contribution < -0.4 is 31.7 Å². The van der Waals surface area contributed by atoms with Gasteiger partial charge in [0.05, 0.1) is 31.6 Å². The fraction of sp³-hybridized carbons (Fsp3) is 0.462. The van der Waals surface area contributed by atoms with E-state index in [2.05, 4.69) is 41.2 Å². The first-order valence-electron chi connectivity index (χ1n) is 19.3. The van der Waals surface area contributed by atoms with Crippen molar-refractivity contribution in [3.8, 4) is 0 Å². The number of alkyl halides is 3. The number of hydrogen-bond acceptors (Lipinski definition) is 13. The van der Waals surface area contributed by atoms with Crippen LogP contribution in [-0.4, -0.2) is 117 Å². The Morgan fingerprint density at radius 2 is 1.47 bits per heavy atom. The molecular weight excluding hydrogens is 825 g/mol. The van der Waals surface area contributed by atoms with E-state index in [4.69, 9.17) is 9.47 Å². The van der Waals surface area contributed by atoms with E-state index in [1.54, 1.807) is 34.6 Å². The first kappa shape index (κ1) is 48.1. The van der Waals surface area contributed by atoms with Crippen molar-refractivity contribution >= 4 is 64.1 Å². The Hall–Kier alpha value is -6.62. The summed E-state index contributed by atoms with van der Waals surface area (Å²) in [6, 6.07) is 4.23. The molecule has 4 rings (SSSR count). The second-order valence-electron chi connectivity index (χ2n) is 14.6. The van der Waals surface area contributed by atoms with E-state index in [0.29, 0.717) is 4.90 Å². The average molecular weight is 873 g/mol. The second kappa shape index (κ2) is 21.3. The summed E-state index contributed by atoms with van der Waals surface area (Å²) in [6.45, 7) is 7.93. The molecule has 1 aliphatic rings. The highest BCUT2D eigenvalue weighted by molar-refractivity contribution is 6.13. The van der Waals surface area contributed by atoms with Crippen LogP contribution >= 0.6 is 0 Å². The lowest BCUT2D eigenvalue weighted by Crippen LogP contribution is -2.41. The molecule has 0 saturated carbocycles. The zero-order valence-electron chi connectivity index (χ0n) is 34.5. The van der Waals surface area contributed by atoms with Crippen LogP contribution in [0.5, 0.6) is 0 Å². The Labute approximate surface area is 352 Å². The number of ether oxygens (including phenoxy) is 2. The van der Waals surface area contributed by atoms with Crippen LogP contribution in [0, 0.1) is 5.92 Å². The molecule has 0 saturated heterocycles. The molecule has 5 N–H and O–H groups in total. The third-order valence-electron chi connectivity index (χ3n) is 8.88. The van der Waals surface area contributed by atoms with Crippen LogP contribution in [0.3, 0.4) is 0 Å². The smallest absolute Gasteiger partial charge is 0.354 e. The third-order valence-corrected chi connectivity index (χ3v) is 8.88. The molecule has 20 nitrogen and oxygen atoms in total. The Bertz CT molecular complexity index is 2230. The van der Waals surface area contributed by atoms with Crippen molar-refractivity contribution in [3.63, 3.8) is 0 Å². The van der Waals surface area contributed by atoms with E-state index >= 15 is 0 Å². The minimum atomic E-state index is -5.30. The maximum atomic E-state index is 13.7. The average Bonchev–Trinajstić information content (AvgIpc) is 3.53. The van der Waals surface area contributed by atoms with Gasteiger partial charge in [-0.2, -0.15) is 18.2 Å². The van der Waals surface area contributed by atoms with Crippen LogP contribution in [0.2, 0.25) is 0 Å². The number of carbonyl (C=O) groups is 7. The predicted molar refractivity (Wildman–Crippen MR) is 214 cm³/mol. The van der Waals surface area contributed by atoms with Gasteiger partial charge in [-0.05, 0) is 51.5 Å². The van der Waals surface area contributed by atoms with Crippen molar-refractivity contribution in [2.75, 3.05) is 43.1 Å². The molecule has 0 bridgehead atoms. The zero-order valence-corrected chi connectivity index (χ0v) is 34.5. The lowest BCUT2D eigenvalue weighted by atomic mass is 10.1. The number of nitrogens with one attached hydrogen (secondary N) is 5. The number of H-pyrrole nitrogens is 1. The van der Waals surface area contributed by atoms with E-state index in [0.717, 1.165) is 35.4 Å². The number of imide groups is 1. The van der Waals surface area contributed by atoms with Gasteiger partial charge in [-0.15, -0.1) is 0 Å². The summed E-state index contributed by atoms with van der Waals surface area (Å²) in [5.74, 6) is -6.55. The summed E-state index contributed by atoms with van der Waals surface area (Å²) in [6.07, 6.45) is -1.75. The van der Waals surface area contributed by atoms with Crippen LogP contribution in [-0.2, 0) is 44.8 Å². The molecule has 3 aromatic rings. The highest BCUT2D eigenvalue weighted by atomic mass is 19.4. The lowest BCUT2D eigenvalue weighted by molar-refractivity contribution is -0.211. The van der Waals surface area contributed by atoms with Crippen molar-refractivity contribution in [2.24, 2.45) is 5.92 Å². The number of fused-ring (bicyclic) bond motifs is 1. The molecule has 1 aliphatic heterocycles. The number of rotatable bonds is 21. The summed E-state index contributed by atoms with van der Waals surface area (Å²) in [5.41, 5.74) is -1.74. The first-order valence-corrected chi connectivity index (χ1v) is 19.3. The maximum Gasteiger partial charge on any atom is 0.471 e. The highest BCUT2D eigenvalue weighted by Gasteiger charge is 2.43. The molecule has 2 aromatic heterocycles. The molecule has 0 radical (unpaired) electrons. The van der Waals surface area contributed by atoms with E-state index in [1.165, 1.54) is 12.1 Å². The van der Waals surface area contributed by atoms with E-state index in [1.807, 2.05) is 0 Å². The van der Waals surface area contributed by atoms with Crippen LogP contribution in [0.1, 0.15) is 69.9 Å². The normalized spacial score (nSPS) is 13.3. The molecule has 0 aliphatic carbocycles. The van der Waals surface area contributed by atoms with Crippen molar-refractivity contribution in [3.05, 3.63) is 64.2 Å². The largest absolute Gasteiger partial charge is 0.471 e. The number of amides is 7. The Balaban J connectivity index is 1.20. The number of anilines is 2. The second-order valence-corrected chi connectivity index (χ2v) is 14.6. The summed E-state index contributed by atoms with van der Waals surface area (Å²) < 4.78 is 52.4. The standard InChI is InChI=1S/C39H47F3N10O10/c1-22(2)33(57)49-37-48-32-31(35(59)50-37)47-25(20-45-32)21-52(36(60)39(40,41)42)26-9-7-24(8-10-26)34(58)46-23(3)6-11-27(53)43-15-18-61-38(4,5)62-19-16-44-28(54)14-17-51-29(55)12-13-30(51)56/h7-10,12-13,20,22-23H,6,11,14-19,21H2,1-5H3,(H,43,53)(H,44,54)(H,46,58)(H2,45,48,49,50,57,59)/t23-/m1/s1. The number of nitrogens with zero attached hydrogens (tertiary/aromatic N) is 5. The molecule has 0 fully saturated rings. The molecule has 23 heteroatoms. The Kier molecular flexibility index (Phi) is 16.5. The maximum absolute atomic E-state index is 13.7. The molecule has 7 amide bonds. The molecule has 334 valence electrons. The van der Waals surface area contributed by atoms with Crippen LogP contribution in [0.25, 0.3) is 11.2 Å². The van der Waals surface area contributed by atoms with Gasteiger partial charge >= 0.3 is 12.1 Å². The molecule has 1 atom stereocenters. The van der Waals surface area contributed by atoms with Crippen molar-refractivity contribution in [1.29, 1.82) is 0 Å². The first-order chi connectivity index (χ1) is 29.1. The minimum absolute atomic E-state index is 0.0337. The zero-order chi connectivity index (χ0) is 45.8. The van der Waals surface area contributed by atoms with Gasteiger partial charge in [-0.3, -0.25) is 58.5 Å². The van der Waals surface area contributed by atoms with E-state index in [9.17, 15) is 51.5 Å². The summed E-state index contributed by atoms with van der Waals surface area (Å²) in [7, 11) is 0. The van der Waals surface area contributed by atoms with Gasteiger partial charge in [0.2, 0.25) is 23.7 Å². The number of carbonyl (C=O) groups excluding carboxylic acids is 7. The monoisotopic (exact) mass is 872 g/mol. The van der Waals surface area contributed by atoms with Gasteiger partial charge in [0.1, 0.15) is 0 Å². The molecule has 0 spiro atoms. The van der Waals surface area contributed by atoms with Gasteiger partial charge in [0, 0.05) is 67.8 Å². The van der Waals surface area contributed by atoms with Crippen LogP contribution in [0.15, 0.2) is 47.4 Å². The number of aromatic nitrogens is 4. The molecular formula is C39H47F3N10O10. The number of aromatic amines is 1. The van der Waals surface area contributed by atoms with E-state index < -0.39 is 65.6 Å². The van der Waals surface area contributed by atoms with Gasteiger partial charge < -0.3 is 25.4 Å². The molecule has 62 heavy (non-hydrogen) atoms. The van der Waals surface area contributed by atoms with Crippen molar-refractivity contribution in [1.82, 2.24) is 40.8 Å². The summed E-state index contributed by atoms with van der Waals surface area (Å²) >= 11 is 0. The Morgan fingerprint density at radius 3 is 2.05 bits per heavy atom. The Morgan fingerprint density at radius 1 is 0.871 bits per heavy atom. The van der Waals surface area contributed by atoms with Gasteiger partial charge in [0.15, 0.2) is 17.0 Å². The fourth-order valence-electron chi connectivity index (χ4n) is 5.52. The van der Waals surface area contributed by atoms with Crippen LogP contribution in [0.4, 0.5) is 24.8 Å². The lowest BCUT2D eigenvalue weighted by Gasteiger charge is -2.26. The summed E-state index contributed by atoms with van der Waals surface area (Å²) in [5, 5.41) is 10.5. The van der Waals surface area contributed by atoms with Gasteiger partial charge in [-0.1, -0.05) is 13.8 Å². The summed E-state index contributed by atoms with van der Waals surface area (Å²) in [4.78, 5) is 113. The van der Waals surface area contributed by atoms with E-state index in [-0.39, 0.29) is 98.0 Å². The number of halogens is 3. The molecule has 0 unspecified atom stereocenters. The van der Waals surface area contributed by atoms with Crippen molar-refractivity contribution in [2.45, 2.75) is 78.4 Å². The third kappa shape index (κ3) is 14.2. The van der Waals surface area contributed by atoms with Gasteiger partial charge in [0.25, 0.3) is 23.3 Å². The van der Waals surface area contributed by atoms with Gasteiger partial charge in [-0.25, -0.2) is 9.97 Å². The SMILES string of the molecule is CC(C)C(=O)Nc1nc2ncc(CN(C(=O)C(F)(F)F)c3ccc(C(=O)N[C@H](C)CCC(=O)NCCOC(C)(C)OCCNC(=O)CCN4C(=O)C=CC4=O)cc3)nc2c(=O)[nH]1. The molecule has 3 heterocycles. The highest BCUT2D eigenvalue weighted by Crippen LogP contribution is 2.26. The quantitative estimate of drug-likeness (QED) is 0.0580. The predicted octanol–water partition coefficient (Wildman–Crippen LogP) is 1.62. The molecule has 1 aromatic carbocycles. The number of hydrogen-bond donors (Lipinski definition) is 5. The van der Waals surface area contributed by atoms with Crippen molar-refractivity contribution < 1.29 is 56.2 Å². The topological polar surface area (TPSA) is 264 Å². The number of benzene rings is 1. The fourth-order valence-corrected chi connectivity index (χ4v) is 5.52. The minimum Gasteiger partial charge on any atom is -0.354 e.